The predicted octanol–water partition coefficient (Wildman–Crippen LogP) is 3.40. The van der Waals surface area contributed by atoms with E-state index in [0.29, 0.717) is 12.1 Å². The van der Waals surface area contributed by atoms with Crippen LogP contribution in [-0.2, 0) is 6.42 Å². The molecule has 0 fully saturated rings. The molecule has 0 unspecified atom stereocenters. The number of amides is 1. The Morgan fingerprint density at radius 2 is 1.67 bits per heavy atom. The lowest BCUT2D eigenvalue weighted by molar-refractivity contribution is 0.0954. The number of aryl methyl sites for hydroxylation is 3. The van der Waals surface area contributed by atoms with E-state index in [1.54, 1.807) is 24.5 Å². The molecule has 0 saturated carbocycles. The summed E-state index contributed by atoms with van der Waals surface area (Å²) in [6, 6.07) is 7.81. The number of rotatable bonds is 4. The van der Waals surface area contributed by atoms with E-state index in [4.69, 9.17) is 0 Å². The van der Waals surface area contributed by atoms with Gasteiger partial charge in [-0.1, -0.05) is 17.7 Å². The van der Waals surface area contributed by atoms with Gasteiger partial charge in [-0.2, -0.15) is 0 Å². The third-order valence-electron chi connectivity index (χ3n) is 3.44. The van der Waals surface area contributed by atoms with Crippen LogP contribution in [0.4, 0.5) is 0 Å². The van der Waals surface area contributed by atoms with Crippen molar-refractivity contribution >= 4 is 18.3 Å². The second-order valence-electron chi connectivity index (χ2n) is 5.12. The van der Waals surface area contributed by atoms with Gasteiger partial charge in [0, 0.05) is 24.5 Å². The minimum atomic E-state index is -0.0465. The molecule has 2 aromatic rings. The minimum Gasteiger partial charge on any atom is -0.352 e. The average Bonchev–Trinajstić information content (AvgIpc) is 2.42. The highest BCUT2D eigenvalue weighted by molar-refractivity contribution is 5.93. The van der Waals surface area contributed by atoms with Crippen LogP contribution in [0.15, 0.2) is 36.7 Å². The minimum absolute atomic E-state index is 0. The molecule has 0 bridgehead atoms. The van der Waals surface area contributed by atoms with Gasteiger partial charge < -0.3 is 5.32 Å². The van der Waals surface area contributed by atoms with Crippen LogP contribution < -0.4 is 5.32 Å². The summed E-state index contributed by atoms with van der Waals surface area (Å²) in [5, 5.41) is 2.95. The first-order valence-corrected chi connectivity index (χ1v) is 6.83. The molecule has 21 heavy (non-hydrogen) atoms. The molecule has 4 heteroatoms. The van der Waals surface area contributed by atoms with Crippen molar-refractivity contribution in [2.24, 2.45) is 0 Å². The van der Waals surface area contributed by atoms with E-state index in [1.807, 2.05) is 0 Å². The van der Waals surface area contributed by atoms with E-state index in [-0.39, 0.29) is 18.3 Å². The predicted molar refractivity (Wildman–Crippen MR) is 88.2 cm³/mol. The van der Waals surface area contributed by atoms with Crippen molar-refractivity contribution in [1.82, 2.24) is 10.3 Å². The molecule has 1 aromatic heterocycles. The summed E-state index contributed by atoms with van der Waals surface area (Å²) < 4.78 is 0. The zero-order valence-corrected chi connectivity index (χ0v) is 13.5. The van der Waals surface area contributed by atoms with E-state index >= 15 is 0 Å². The molecule has 1 amide bonds. The first kappa shape index (κ1) is 17.2. The van der Waals surface area contributed by atoms with Gasteiger partial charge in [0.15, 0.2) is 0 Å². The van der Waals surface area contributed by atoms with Gasteiger partial charge in [0.2, 0.25) is 0 Å². The lowest BCUT2D eigenvalue weighted by Crippen LogP contribution is -2.26. The van der Waals surface area contributed by atoms with Crippen LogP contribution in [0.25, 0.3) is 0 Å². The molecule has 0 atom stereocenters. The fourth-order valence-electron chi connectivity index (χ4n) is 2.51. The smallest absolute Gasteiger partial charge is 0.251 e. The lowest BCUT2D eigenvalue weighted by Gasteiger charge is -2.12. The summed E-state index contributed by atoms with van der Waals surface area (Å²) in [6.45, 7) is 7.00. The Morgan fingerprint density at radius 3 is 2.24 bits per heavy atom. The molecule has 0 radical (unpaired) electrons. The van der Waals surface area contributed by atoms with E-state index in [2.05, 4.69) is 43.2 Å². The third-order valence-corrected chi connectivity index (χ3v) is 3.44. The number of hydrogen-bond acceptors (Lipinski definition) is 2. The SMILES string of the molecule is Cc1cc(C)c(CCNC(=O)c2ccncc2)c(C)c1.Cl. The van der Waals surface area contributed by atoms with Crippen molar-refractivity contribution in [2.45, 2.75) is 27.2 Å². The molecular formula is C17H21ClN2O. The highest BCUT2D eigenvalue weighted by atomic mass is 35.5. The maximum Gasteiger partial charge on any atom is 0.251 e. The van der Waals surface area contributed by atoms with Gasteiger partial charge in [0.1, 0.15) is 0 Å². The number of halogens is 1. The van der Waals surface area contributed by atoms with Crippen LogP contribution >= 0.6 is 12.4 Å². The van der Waals surface area contributed by atoms with Crippen LogP contribution in [-0.4, -0.2) is 17.4 Å². The first-order valence-electron chi connectivity index (χ1n) is 6.83. The molecule has 1 aromatic carbocycles. The molecule has 1 heterocycles. The van der Waals surface area contributed by atoms with Gasteiger partial charge in [0.05, 0.1) is 0 Å². The highest BCUT2D eigenvalue weighted by Crippen LogP contribution is 2.16. The fourth-order valence-corrected chi connectivity index (χ4v) is 2.51. The maximum absolute atomic E-state index is 11.9. The van der Waals surface area contributed by atoms with Crippen molar-refractivity contribution in [3.63, 3.8) is 0 Å². The number of benzene rings is 1. The Kier molecular flexibility index (Phi) is 6.38. The molecule has 2 rings (SSSR count). The van der Waals surface area contributed by atoms with E-state index in [9.17, 15) is 4.79 Å². The van der Waals surface area contributed by atoms with Gasteiger partial charge in [-0.25, -0.2) is 0 Å². The van der Waals surface area contributed by atoms with Crippen molar-refractivity contribution < 1.29 is 4.79 Å². The first-order chi connectivity index (χ1) is 9.58. The summed E-state index contributed by atoms with van der Waals surface area (Å²) in [4.78, 5) is 15.8. The van der Waals surface area contributed by atoms with Crippen LogP contribution in [0.2, 0.25) is 0 Å². The number of hydrogen-bond donors (Lipinski definition) is 1. The van der Waals surface area contributed by atoms with Crippen LogP contribution in [0.5, 0.6) is 0 Å². The Morgan fingerprint density at radius 1 is 1.10 bits per heavy atom. The van der Waals surface area contributed by atoms with E-state index in [0.717, 1.165) is 6.42 Å². The highest BCUT2D eigenvalue weighted by Gasteiger charge is 2.06. The molecule has 3 nitrogen and oxygen atoms in total. The quantitative estimate of drug-likeness (QED) is 0.940. The summed E-state index contributed by atoms with van der Waals surface area (Å²) in [5.74, 6) is -0.0465. The number of carbonyl (C=O) groups excluding carboxylic acids is 1. The number of carbonyl (C=O) groups is 1. The average molecular weight is 305 g/mol. The molecule has 0 spiro atoms. The Hall–Kier alpha value is -1.87. The second-order valence-corrected chi connectivity index (χ2v) is 5.12. The second kappa shape index (κ2) is 7.79. The maximum atomic E-state index is 11.9. The van der Waals surface area contributed by atoms with Gasteiger partial charge in [-0.05, 0) is 56.0 Å². The molecule has 112 valence electrons. The van der Waals surface area contributed by atoms with Crippen LogP contribution in [0.1, 0.15) is 32.6 Å². The van der Waals surface area contributed by atoms with Crippen LogP contribution in [0.3, 0.4) is 0 Å². The Labute approximate surface area is 132 Å². The van der Waals surface area contributed by atoms with E-state index < -0.39 is 0 Å². The summed E-state index contributed by atoms with van der Waals surface area (Å²) in [6.07, 6.45) is 4.11. The normalized spacial score (nSPS) is 9.86. The van der Waals surface area contributed by atoms with Crippen molar-refractivity contribution in [3.05, 3.63) is 64.5 Å². The zero-order valence-electron chi connectivity index (χ0n) is 12.6. The number of nitrogens with zero attached hydrogens (tertiary/aromatic N) is 1. The van der Waals surface area contributed by atoms with Gasteiger partial charge in [0.25, 0.3) is 5.91 Å². The summed E-state index contributed by atoms with van der Waals surface area (Å²) in [5.41, 5.74) is 5.84. The fraction of sp³-hybridized carbons (Fsp3) is 0.294. The molecule has 0 aliphatic carbocycles. The summed E-state index contributed by atoms with van der Waals surface area (Å²) in [7, 11) is 0. The van der Waals surface area contributed by atoms with Gasteiger partial charge >= 0.3 is 0 Å². The number of pyridine rings is 1. The largest absolute Gasteiger partial charge is 0.352 e. The Bertz CT molecular complexity index is 588. The molecular weight excluding hydrogens is 284 g/mol. The van der Waals surface area contributed by atoms with Crippen molar-refractivity contribution in [2.75, 3.05) is 6.54 Å². The van der Waals surface area contributed by atoms with Gasteiger partial charge in [-0.15, -0.1) is 12.4 Å². The summed E-state index contributed by atoms with van der Waals surface area (Å²) >= 11 is 0. The number of aromatic nitrogens is 1. The van der Waals surface area contributed by atoms with Crippen molar-refractivity contribution in [3.8, 4) is 0 Å². The molecule has 0 saturated heterocycles. The lowest BCUT2D eigenvalue weighted by atomic mass is 9.97. The topological polar surface area (TPSA) is 42.0 Å². The molecule has 0 aliphatic rings. The standard InChI is InChI=1S/C17H20N2O.ClH/c1-12-10-13(2)16(14(3)11-12)6-9-19-17(20)15-4-7-18-8-5-15;/h4-5,7-8,10-11H,6,9H2,1-3H3,(H,19,20);1H. The molecule has 0 aliphatic heterocycles. The molecule has 1 N–H and O–H groups in total. The third kappa shape index (κ3) is 4.57. The zero-order chi connectivity index (χ0) is 14.5. The van der Waals surface area contributed by atoms with Crippen LogP contribution in [0, 0.1) is 20.8 Å². The number of nitrogens with one attached hydrogen (secondary N) is 1. The van der Waals surface area contributed by atoms with Gasteiger partial charge in [-0.3, -0.25) is 9.78 Å². The van der Waals surface area contributed by atoms with Crippen molar-refractivity contribution in [1.29, 1.82) is 0 Å². The monoisotopic (exact) mass is 304 g/mol. The van der Waals surface area contributed by atoms with E-state index in [1.165, 1.54) is 22.3 Å². The Balaban J connectivity index is 0.00000220.